The van der Waals surface area contributed by atoms with Gasteiger partial charge in [0, 0.05) is 68.8 Å². The topological polar surface area (TPSA) is 525 Å². The van der Waals surface area contributed by atoms with Gasteiger partial charge in [-0.15, -0.1) is 0 Å². The maximum Gasteiger partial charge on any atom is 0.339 e. The van der Waals surface area contributed by atoms with Crippen LogP contribution < -0.4 is 9.47 Å². The number of aliphatic hydroxyl groups is 4. The molecule has 14 rings (SSSR count). The average molecular weight is 1180 g/mol. The summed E-state index contributed by atoms with van der Waals surface area (Å²) in [7, 11) is 0. The molecule has 2 aliphatic carbocycles. The first-order valence-corrected chi connectivity index (χ1v) is 25.1. The molecule has 2 fully saturated rings. The van der Waals surface area contributed by atoms with Crippen molar-refractivity contribution in [2.24, 2.45) is 11.8 Å². The molecule has 1 saturated carbocycles. The molecule has 30 heteroatoms. The Balaban J connectivity index is 1.12. The summed E-state index contributed by atoms with van der Waals surface area (Å²) in [5, 5.41) is 219. The van der Waals surface area contributed by atoms with Crippen molar-refractivity contribution >= 4 is 29.7 Å². The molecule has 30 nitrogen and oxygen atoms in total. The van der Waals surface area contributed by atoms with Gasteiger partial charge >= 0.3 is 23.9 Å². The summed E-state index contributed by atoms with van der Waals surface area (Å²) in [6, 6.07) is 5.02. The molecule has 0 radical (unpaired) electrons. The highest BCUT2D eigenvalue weighted by Crippen LogP contribution is 2.74. The highest BCUT2D eigenvalue weighted by Gasteiger charge is 2.84. The van der Waals surface area contributed by atoms with E-state index in [1.54, 1.807) is 0 Å². The molecule has 10 bridgehead atoms. The van der Waals surface area contributed by atoms with E-state index < -0.39 is 268 Å². The molecule has 6 aromatic carbocycles. The lowest BCUT2D eigenvalue weighted by Crippen LogP contribution is -2.67. The van der Waals surface area contributed by atoms with Crippen LogP contribution in [0.15, 0.2) is 42.5 Å². The van der Waals surface area contributed by atoms with Gasteiger partial charge in [-0.3, -0.25) is 9.59 Å². The number of phenols is 15. The van der Waals surface area contributed by atoms with Gasteiger partial charge in [-0.1, -0.05) is 6.07 Å². The van der Waals surface area contributed by atoms with Gasteiger partial charge < -0.3 is 125 Å². The Bertz CT molecular complexity index is 4130. The predicted octanol–water partition coefficient (Wildman–Crippen LogP) is 0.985. The number of aliphatic hydroxyl groups excluding tert-OH is 2. The Kier molecular flexibility index (Phi) is 11.0. The fourth-order valence-corrected chi connectivity index (χ4v) is 13.3. The summed E-state index contributed by atoms with van der Waals surface area (Å²) in [4.78, 5) is 75.6. The summed E-state index contributed by atoms with van der Waals surface area (Å²) >= 11 is 0. The number of benzene rings is 6. The Morgan fingerprint density at radius 3 is 1.62 bits per heavy atom. The van der Waals surface area contributed by atoms with E-state index >= 15 is 19.2 Å². The maximum absolute atomic E-state index is 15.6. The highest BCUT2D eigenvalue weighted by atomic mass is 16.7. The molecule has 6 heterocycles. The van der Waals surface area contributed by atoms with Crippen LogP contribution in [0.4, 0.5) is 0 Å². The van der Waals surface area contributed by atoms with E-state index in [4.69, 9.17) is 28.4 Å². The third-order valence-electron chi connectivity index (χ3n) is 16.9. The maximum atomic E-state index is 15.6. The van der Waals surface area contributed by atoms with E-state index in [1.165, 1.54) is 6.07 Å². The van der Waals surface area contributed by atoms with E-state index in [2.05, 4.69) is 0 Å². The minimum atomic E-state index is -3.77. The Morgan fingerprint density at radius 2 is 1.04 bits per heavy atom. The molecule has 0 aromatic heterocycles. The van der Waals surface area contributed by atoms with Crippen LogP contribution in [0, 0.1) is 11.8 Å². The summed E-state index contributed by atoms with van der Waals surface area (Å²) < 4.78 is 35.9. The third kappa shape index (κ3) is 6.73. The van der Waals surface area contributed by atoms with Crippen LogP contribution in [0.25, 0.3) is 22.3 Å². The molecule has 1 saturated heterocycles. The van der Waals surface area contributed by atoms with Crippen LogP contribution in [-0.2, 0) is 30.2 Å². The van der Waals surface area contributed by atoms with Crippen molar-refractivity contribution in [2.75, 3.05) is 6.61 Å². The first-order chi connectivity index (χ1) is 40.0. The molecular formula is C55H40O30. The molecule has 440 valence electrons. The number of phenolic OH excluding ortho intramolecular Hbond substituents is 15. The molecule has 4 unspecified atom stereocenters. The number of Topliss-reactive ketones (excluding diaryl/α,β-unsaturated/α-hetero) is 1. The SMILES string of the molecule is O=C1OCC2OC(=O)c3cc(O)c(O)c(O)c3-c3c(O)c(O)c(O)c4c3C(=O)[C@]3(O)[C@H]4[C@@H]4C(=O)O[C@H](C(O)C2OC(=O)c2cc(O)c(O)c(O)c2-c2c1cc(O)c(O)c2O)[C@@H]1c2c(cc(O)c5c2O[C@H](c2ccc(O)c(O)c2)[C@@H](O)C5)OC3(O)[C@H]41. The van der Waals surface area contributed by atoms with Gasteiger partial charge in [0.05, 0.1) is 34.6 Å². The van der Waals surface area contributed by atoms with Crippen molar-refractivity contribution in [3.8, 4) is 120 Å². The van der Waals surface area contributed by atoms with Crippen molar-refractivity contribution in [3.63, 3.8) is 0 Å². The summed E-state index contributed by atoms with van der Waals surface area (Å²) in [6.45, 7) is -1.57. The fourth-order valence-electron chi connectivity index (χ4n) is 13.3. The van der Waals surface area contributed by atoms with E-state index in [0.29, 0.717) is 18.2 Å². The summed E-state index contributed by atoms with van der Waals surface area (Å²) in [5.74, 6) is -43.8. The second kappa shape index (κ2) is 17.4. The van der Waals surface area contributed by atoms with E-state index in [9.17, 15) is 102 Å². The average Bonchev–Trinajstić information content (AvgIpc) is 1.49. The molecule has 0 spiro atoms. The molecule has 6 aliphatic heterocycles. The van der Waals surface area contributed by atoms with Crippen LogP contribution in [0.1, 0.15) is 81.6 Å². The number of hydrogen-bond donors (Lipinski definition) is 19. The number of ether oxygens (including phenoxy) is 6. The second-order valence-electron chi connectivity index (χ2n) is 21.2. The molecule has 85 heavy (non-hydrogen) atoms. The van der Waals surface area contributed by atoms with Crippen LogP contribution >= 0.6 is 0 Å². The van der Waals surface area contributed by atoms with Crippen LogP contribution in [0.2, 0.25) is 0 Å². The van der Waals surface area contributed by atoms with Gasteiger partial charge in [0.25, 0.3) is 0 Å². The number of aromatic hydroxyl groups is 15. The Hall–Kier alpha value is -10.7. The van der Waals surface area contributed by atoms with Gasteiger partial charge in [-0.2, -0.15) is 0 Å². The van der Waals surface area contributed by atoms with E-state index in [1.807, 2.05) is 0 Å². The van der Waals surface area contributed by atoms with Gasteiger partial charge in [0.1, 0.15) is 42.2 Å². The number of carbonyl (C=O) groups is 5. The van der Waals surface area contributed by atoms with Crippen LogP contribution in [-0.4, -0.2) is 175 Å². The number of carbonyl (C=O) groups excluding carboxylic acids is 5. The monoisotopic (exact) mass is 1180 g/mol. The number of esters is 4. The third-order valence-corrected chi connectivity index (χ3v) is 16.9. The zero-order chi connectivity index (χ0) is 61.0. The Labute approximate surface area is 469 Å². The number of rotatable bonds is 1. The smallest absolute Gasteiger partial charge is 0.339 e. The van der Waals surface area contributed by atoms with Crippen molar-refractivity contribution in [1.82, 2.24) is 0 Å². The highest BCUT2D eigenvalue weighted by molar-refractivity contribution is 6.19. The minimum Gasteiger partial charge on any atom is -0.507 e. The first kappa shape index (κ1) is 53.6. The summed E-state index contributed by atoms with van der Waals surface area (Å²) in [6.07, 6.45) is -14.9. The number of cyclic esters (lactones) is 1. The van der Waals surface area contributed by atoms with Gasteiger partial charge in [0.15, 0.2) is 69.7 Å². The standard InChI is InChI=1S/C55H40O30/c56-15-2-1-10(3-17(15)58)45-21(62)4-11-16(57)8-22-27(46(11)82-45)31-34-32-33-30-29(49(73)54(33,78)55(34,79)85-22)28(41(69)43(71)42(30)70)26-14(7-20(61)37(65)40(26)68)51(75)81-23-9-80-50(74)12-5-18(59)35(63)38(66)24(12)25-13(6-19(60)36(64)39(25)67)52(76)83-47(23)44(72)48(31)84-53(32)77/h1-3,5-8,21,23,31-34,44-45,47-48,56-72,78-79H,4,9H2/t21-,23?,31+,32-,33+,34-,44?,45+,47?,48-,54+,55?/m0/s1. The van der Waals surface area contributed by atoms with Crippen molar-refractivity contribution in [2.45, 2.75) is 66.3 Å². The molecule has 19 N–H and O–H groups in total. The zero-order valence-electron chi connectivity index (χ0n) is 42.2. The molecule has 12 atom stereocenters. The van der Waals surface area contributed by atoms with Crippen LogP contribution in [0.5, 0.6) is 97.7 Å². The molecule has 6 aromatic rings. The number of ketones is 1. The molecule has 8 aliphatic rings. The summed E-state index contributed by atoms with van der Waals surface area (Å²) in [5.41, 5.74) is -15.6. The van der Waals surface area contributed by atoms with Crippen molar-refractivity contribution in [1.29, 1.82) is 0 Å². The minimum absolute atomic E-state index is 0.0566. The normalized spacial score (nSPS) is 28.4. The van der Waals surface area contributed by atoms with E-state index in [-0.39, 0.29) is 11.1 Å². The van der Waals surface area contributed by atoms with E-state index in [0.717, 1.165) is 18.2 Å². The van der Waals surface area contributed by atoms with Gasteiger partial charge in [-0.25, -0.2) is 14.4 Å². The lowest BCUT2D eigenvalue weighted by atomic mass is 9.66. The fraction of sp³-hybridized carbons (Fsp3) is 0.255. The van der Waals surface area contributed by atoms with Gasteiger partial charge in [0.2, 0.25) is 40.2 Å². The number of hydrogen-bond acceptors (Lipinski definition) is 30. The second-order valence-corrected chi connectivity index (χ2v) is 21.2. The first-order valence-electron chi connectivity index (χ1n) is 25.1. The number of fused-ring (bicyclic) bond motifs is 8. The zero-order valence-corrected chi connectivity index (χ0v) is 42.2. The Morgan fingerprint density at radius 1 is 0.482 bits per heavy atom. The lowest BCUT2D eigenvalue weighted by Gasteiger charge is -2.52. The van der Waals surface area contributed by atoms with Crippen LogP contribution in [0.3, 0.4) is 0 Å². The molecular weight excluding hydrogens is 1140 g/mol. The predicted molar refractivity (Wildman–Crippen MR) is 267 cm³/mol. The van der Waals surface area contributed by atoms with Crippen molar-refractivity contribution in [3.05, 3.63) is 87.0 Å². The van der Waals surface area contributed by atoms with Crippen molar-refractivity contribution < 1.29 is 149 Å². The van der Waals surface area contributed by atoms with Gasteiger partial charge in [-0.05, 0) is 35.9 Å². The quantitative estimate of drug-likeness (QED) is 0.0620. The lowest BCUT2D eigenvalue weighted by molar-refractivity contribution is -0.269. The largest absolute Gasteiger partial charge is 0.507 e. The molecule has 0 amide bonds.